The molecule has 0 spiro atoms. The van der Waals surface area contributed by atoms with Crippen LogP contribution in [0.5, 0.6) is 0 Å². The molecule has 9 heteroatoms. The van der Waals surface area contributed by atoms with Gasteiger partial charge in [0.25, 0.3) is 5.69 Å². The van der Waals surface area contributed by atoms with Gasteiger partial charge in [-0.25, -0.2) is 4.57 Å². The van der Waals surface area contributed by atoms with E-state index in [2.05, 4.69) is 6.07 Å². The predicted octanol–water partition coefficient (Wildman–Crippen LogP) is 0.262. The van der Waals surface area contributed by atoms with Crippen LogP contribution in [-0.4, -0.2) is 21.5 Å². The second kappa shape index (κ2) is 8.42. The third-order valence-electron chi connectivity index (χ3n) is 5.14. The molecule has 0 aliphatic carbocycles. The number of aryl methyl sites for hydroxylation is 1. The molecule has 30 heavy (non-hydrogen) atoms. The number of nitro benzene ring substituents is 1. The Morgan fingerprint density at radius 2 is 2.00 bits per heavy atom. The van der Waals surface area contributed by atoms with Crippen molar-refractivity contribution in [2.45, 2.75) is 12.8 Å². The van der Waals surface area contributed by atoms with Gasteiger partial charge in [-0.15, -0.1) is 0 Å². The van der Waals surface area contributed by atoms with Crippen molar-refractivity contribution in [2.75, 3.05) is 5.75 Å². The third-order valence-corrected chi connectivity index (χ3v) is 6.21. The summed E-state index contributed by atoms with van der Waals surface area (Å²) in [6.07, 6.45) is 3.79. The predicted molar refractivity (Wildman–Crippen MR) is 108 cm³/mol. The van der Waals surface area contributed by atoms with Gasteiger partial charge in [0.05, 0.1) is 27.3 Å². The highest BCUT2D eigenvalue weighted by molar-refractivity contribution is 8.04. The van der Waals surface area contributed by atoms with Gasteiger partial charge in [0.15, 0.2) is 12.4 Å². The monoisotopic (exact) mass is 484 g/mol. The van der Waals surface area contributed by atoms with Crippen molar-refractivity contribution in [3.8, 4) is 6.07 Å². The molecule has 4 rings (SSSR count). The molecular formula is C21H17BrN4O3S. The topological polar surface area (TPSA) is 91.1 Å². The van der Waals surface area contributed by atoms with Crippen LogP contribution >= 0.6 is 11.8 Å². The van der Waals surface area contributed by atoms with Crippen molar-refractivity contribution < 1.29 is 31.3 Å². The fourth-order valence-corrected chi connectivity index (χ4v) is 4.90. The number of benzene rings is 1. The lowest BCUT2D eigenvalue weighted by atomic mass is 9.79. The summed E-state index contributed by atoms with van der Waals surface area (Å²) in [7, 11) is 1.91. The number of hydrogen-bond acceptors (Lipinski definition) is 5. The van der Waals surface area contributed by atoms with Gasteiger partial charge >= 0.3 is 0 Å². The van der Waals surface area contributed by atoms with Gasteiger partial charge < -0.3 is 17.0 Å². The van der Waals surface area contributed by atoms with Gasteiger partial charge in [-0.1, -0.05) is 23.9 Å². The first-order valence-corrected chi connectivity index (χ1v) is 9.91. The lowest BCUT2D eigenvalue weighted by Crippen LogP contribution is -3.00. The number of nitriles is 1. The number of halogens is 1. The Hall–Kier alpha value is -2.96. The summed E-state index contributed by atoms with van der Waals surface area (Å²) in [6.45, 7) is 1.87. The van der Waals surface area contributed by atoms with E-state index in [-0.39, 0.29) is 34.3 Å². The van der Waals surface area contributed by atoms with Crippen LogP contribution in [0.25, 0.3) is 5.57 Å². The minimum absolute atomic E-state index is 0. The Kier molecular flexibility index (Phi) is 6.10. The molecule has 1 atom stereocenters. The summed E-state index contributed by atoms with van der Waals surface area (Å²) >= 11 is 1.34. The average Bonchev–Trinajstić information content (AvgIpc) is 3.10. The van der Waals surface area contributed by atoms with Gasteiger partial charge in [-0.2, -0.15) is 5.26 Å². The fraction of sp³-hybridized carbons (Fsp3) is 0.190. The minimum Gasteiger partial charge on any atom is -1.00 e. The number of carbonyl (C=O) groups excluding carboxylic acids is 1. The van der Waals surface area contributed by atoms with Crippen molar-refractivity contribution in [2.24, 2.45) is 7.05 Å². The molecule has 0 N–H and O–H groups in total. The molecule has 0 bridgehead atoms. The number of non-ortho nitro benzene ring substituents is 1. The Morgan fingerprint density at radius 3 is 2.63 bits per heavy atom. The van der Waals surface area contributed by atoms with E-state index in [4.69, 9.17) is 0 Å². The molecule has 0 radical (unpaired) electrons. The second-order valence-corrected chi connectivity index (χ2v) is 7.85. The third kappa shape index (κ3) is 3.53. The Labute approximate surface area is 188 Å². The maximum Gasteiger partial charge on any atom is 0.269 e. The summed E-state index contributed by atoms with van der Waals surface area (Å²) in [4.78, 5) is 25.0. The van der Waals surface area contributed by atoms with E-state index in [0.29, 0.717) is 16.2 Å². The lowest BCUT2D eigenvalue weighted by Gasteiger charge is -2.33. The zero-order chi connectivity index (χ0) is 20.7. The van der Waals surface area contributed by atoms with Crippen LogP contribution in [0, 0.1) is 21.4 Å². The first kappa shape index (κ1) is 21.7. The number of allylic oxidation sites excluding steroid dienone is 3. The first-order chi connectivity index (χ1) is 13.9. The summed E-state index contributed by atoms with van der Waals surface area (Å²) in [5.74, 6) is -0.278. The molecule has 2 aliphatic heterocycles. The Balaban J connectivity index is 0.00000256. The number of carbonyl (C=O) groups is 1. The Morgan fingerprint density at radius 1 is 1.30 bits per heavy atom. The van der Waals surface area contributed by atoms with Gasteiger partial charge in [0.1, 0.15) is 7.05 Å². The van der Waals surface area contributed by atoms with E-state index in [9.17, 15) is 20.2 Å². The Bertz CT molecular complexity index is 1150. The standard InChI is InChI=1S/C21H17N4O3S.BrH/c1-13-19(14-6-8-23(2)9-7-14)20(15-4-3-5-16(10-15)25(27)28)17(11-22)21-24(13)18(26)12-29-21;/h3-10,20H,12H2,1-2H3;1H/q+1;/p-1. The van der Waals surface area contributed by atoms with Crippen LogP contribution in [-0.2, 0) is 11.8 Å². The highest BCUT2D eigenvalue weighted by Crippen LogP contribution is 2.51. The molecule has 1 saturated heterocycles. The number of aromatic nitrogens is 1. The number of rotatable bonds is 3. The molecule has 1 amide bonds. The molecule has 0 saturated carbocycles. The quantitative estimate of drug-likeness (QED) is 0.354. The second-order valence-electron chi connectivity index (χ2n) is 6.88. The van der Waals surface area contributed by atoms with Crippen molar-refractivity contribution in [1.29, 1.82) is 5.26 Å². The number of hydrogen-bond donors (Lipinski definition) is 0. The molecule has 2 aliphatic rings. The maximum atomic E-state index is 12.5. The number of amides is 1. The van der Waals surface area contributed by atoms with Gasteiger partial charge in [0.2, 0.25) is 5.91 Å². The summed E-state index contributed by atoms with van der Waals surface area (Å²) in [6, 6.07) is 12.5. The molecule has 152 valence electrons. The van der Waals surface area contributed by atoms with Crippen LogP contribution in [0.15, 0.2) is 65.1 Å². The molecule has 1 aromatic carbocycles. The first-order valence-electron chi connectivity index (χ1n) is 8.93. The van der Waals surface area contributed by atoms with Crippen LogP contribution in [0.3, 0.4) is 0 Å². The SMILES string of the molecule is CC1=C(c2cc[n+](C)cc2)C(c2cccc([N+](=O)[O-])c2)C(C#N)=C2SCC(=O)N12.[Br-]. The molecule has 1 aromatic heterocycles. The van der Waals surface area contributed by atoms with E-state index in [1.807, 2.05) is 43.1 Å². The molecule has 3 heterocycles. The largest absolute Gasteiger partial charge is 1.00 e. The smallest absolute Gasteiger partial charge is 0.269 e. The van der Waals surface area contributed by atoms with Crippen molar-refractivity contribution in [3.05, 3.63) is 86.3 Å². The van der Waals surface area contributed by atoms with Crippen LogP contribution < -0.4 is 21.5 Å². The number of nitrogens with zero attached hydrogens (tertiary/aromatic N) is 4. The number of thioether (sulfide) groups is 1. The van der Waals surface area contributed by atoms with E-state index in [1.54, 1.807) is 17.0 Å². The fourth-order valence-electron chi connectivity index (χ4n) is 3.83. The van der Waals surface area contributed by atoms with Crippen molar-refractivity contribution >= 4 is 28.9 Å². The molecular weight excluding hydrogens is 468 g/mol. The van der Waals surface area contributed by atoms with Gasteiger partial charge in [0, 0.05) is 35.9 Å². The molecule has 2 aromatic rings. The number of pyridine rings is 1. The lowest BCUT2D eigenvalue weighted by molar-refractivity contribution is -0.671. The normalized spacial score (nSPS) is 18.1. The zero-order valence-electron chi connectivity index (χ0n) is 16.2. The van der Waals surface area contributed by atoms with Crippen molar-refractivity contribution in [1.82, 2.24) is 4.90 Å². The zero-order valence-corrected chi connectivity index (χ0v) is 18.6. The summed E-state index contributed by atoms with van der Waals surface area (Å²) in [5.41, 5.74) is 3.50. The van der Waals surface area contributed by atoms with E-state index < -0.39 is 10.8 Å². The number of fused-ring (bicyclic) bond motifs is 1. The highest BCUT2D eigenvalue weighted by atomic mass is 79.9. The van der Waals surface area contributed by atoms with Crippen molar-refractivity contribution in [3.63, 3.8) is 0 Å². The molecule has 1 fully saturated rings. The average molecular weight is 485 g/mol. The van der Waals surface area contributed by atoms with E-state index >= 15 is 0 Å². The maximum absolute atomic E-state index is 12.5. The van der Waals surface area contributed by atoms with Crippen LogP contribution in [0.2, 0.25) is 0 Å². The summed E-state index contributed by atoms with van der Waals surface area (Å²) < 4.78 is 1.90. The number of nitro groups is 1. The van der Waals surface area contributed by atoms with Crippen LogP contribution in [0.4, 0.5) is 5.69 Å². The molecule has 7 nitrogen and oxygen atoms in total. The minimum atomic E-state index is -0.489. The van der Waals surface area contributed by atoms with E-state index in [1.165, 1.54) is 23.9 Å². The van der Waals surface area contributed by atoms with E-state index in [0.717, 1.165) is 16.8 Å². The highest BCUT2D eigenvalue weighted by Gasteiger charge is 2.41. The molecule has 1 unspecified atom stereocenters. The van der Waals surface area contributed by atoms with Gasteiger partial charge in [-0.3, -0.25) is 19.8 Å². The van der Waals surface area contributed by atoms with Gasteiger partial charge in [-0.05, 0) is 23.6 Å². The van der Waals surface area contributed by atoms with Crippen LogP contribution in [0.1, 0.15) is 24.0 Å². The summed E-state index contributed by atoms with van der Waals surface area (Å²) in [5, 5.41) is 22.0.